The molecule has 1 aromatic rings. The summed E-state index contributed by atoms with van der Waals surface area (Å²) in [5.41, 5.74) is 1.98. The van der Waals surface area contributed by atoms with E-state index < -0.39 is 0 Å². The van der Waals surface area contributed by atoms with E-state index in [0.29, 0.717) is 16.8 Å². The van der Waals surface area contributed by atoms with E-state index in [9.17, 15) is 5.11 Å². The van der Waals surface area contributed by atoms with Crippen molar-refractivity contribution in [3.8, 4) is 5.75 Å². The Balaban J connectivity index is -0.000000403. The highest BCUT2D eigenvalue weighted by Gasteiger charge is 2.05. The van der Waals surface area contributed by atoms with Crippen molar-refractivity contribution < 1.29 is 26.6 Å². The zero-order valence-corrected chi connectivity index (χ0v) is 8.13. The summed E-state index contributed by atoms with van der Waals surface area (Å²) in [6.07, 6.45) is 1.57. The predicted molar refractivity (Wildman–Crippen MR) is 52.1 cm³/mol. The van der Waals surface area contributed by atoms with E-state index >= 15 is 0 Å². The predicted octanol–water partition coefficient (Wildman–Crippen LogP) is -1.58. The molecule has 0 aliphatic rings. The van der Waals surface area contributed by atoms with Gasteiger partial charge in [-0.15, -0.1) is 0 Å². The number of nitrogens with zero attached hydrogens (tertiary/aromatic N) is 1. The summed E-state index contributed by atoms with van der Waals surface area (Å²) in [5, 5.41) is 18.1. The maximum atomic E-state index is 9.34. The Morgan fingerprint density at radius 2 is 1.71 bits per heavy atom. The van der Waals surface area contributed by atoms with Gasteiger partial charge in [-0.2, -0.15) is 0 Å². The van der Waals surface area contributed by atoms with Crippen LogP contribution in [0.25, 0.3) is 0 Å². The Morgan fingerprint density at radius 3 is 2.14 bits per heavy atom. The molecule has 84 valence electrons. The molecule has 0 aliphatic heterocycles. The summed E-state index contributed by atoms with van der Waals surface area (Å²) in [6, 6.07) is 0. The minimum absolute atomic E-state index is 0. The van der Waals surface area contributed by atoms with Crippen molar-refractivity contribution in [1.82, 2.24) is 4.98 Å². The Morgan fingerprint density at radius 1 is 1.21 bits per heavy atom. The van der Waals surface area contributed by atoms with Crippen molar-refractivity contribution >= 4 is 0 Å². The van der Waals surface area contributed by atoms with Crippen LogP contribution in [-0.4, -0.2) is 31.6 Å². The quantitative estimate of drug-likeness (QED) is 0.572. The smallest absolute Gasteiger partial charge is 0.140 e. The van der Waals surface area contributed by atoms with Crippen molar-refractivity contribution in [3.63, 3.8) is 0 Å². The standard InChI is InChI=1S/C8H11NO2.3H2O/c1-5-7(4-10)3-9-6(2)8(5)11;;;/h3,10-11H,4H2,1-2H3;3*1H2. The molecule has 0 aliphatic carbocycles. The van der Waals surface area contributed by atoms with Crippen LogP contribution >= 0.6 is 0 Å². The van der Waals surface area contributed by atoms with Gasteiger partial charge in [-0.1, -0.05) is 0 Å². The molecule has 0 unspecified atom stereocenters. The van der Waals surface area contributed by atoms with E-state index in [1.807, 2.05) is 0 Å². The summed E-state index contributed by atoms with van der Waals surface area (Å²) >= 11 is 0. The highest BCUT2D eigenvalue weighted by atomic mass is 16.3. The molecule has 0 aromatic carbocycles. The fourth-order valence-corrected chi connectivity index (χ4v) is 0.916. The van der Waals surface area contributed by atoms with Crippen molar-refractivity contribution in [2.24, 2.45) is 0 Å². The fraction of sp³-hybridized carbons (Fsp3) is 0.375. The van der Waals surface area contributed by atoms with Crippen LogP contribution in [0.3, 0.4) is 0 Å². The molecule has 6 heteroatoms. The lowest BCUT2D eigenvalue weighted by molar-refractivity contribution is 0.279. The van der Waals surface area contributed by atoms with Crippen LogP contribution in [0.4, 0.5) is 0 Å². The minimum atomic E-state index is -0.0767. The molecular weight excluding hydrogens is 190 g/mol. The molecule has 1 aromatic heterocycles. The first kappa shape index (κ1) is 18.5. The summed E-state index contributed by atoms with van der Waals surface area (Å²) in [7, 11) is 0. The molecule has 6 nitrogen and oxygen atoms in total. The second-order valence-corrected chi connectivity index (χ2v) is 2.50. The number of hydrogen-bond acceptors (Lipinski definition) is 3. The highest BCUT2D eigenvalue weighted by molar-refractivity contribution is 5.38. The molecule has 1 heterocycles. The van der Waals surface area contributed by atoms with Crippen LogP contribution < -0.4 is 0 Å². The van der Waals surface area contributed by atoms with Crippen LogP contribution in [0.5, 0.6) is 5.75 Å². The zero-order valence-electron chi connectivity index (χ0n) is 8.13. The maximum absolute atomic E-state index is 9.34. The second-order valence-electron chi connectivity index (χ2n) is 2.50. The van der Waals surface area contributed by atoms with E-state index in [2.05, 4.69) is 4.98 Å². The lowest BCUT2D eigenvalue weighted by Gasteiger charge is -2.05. The molecule has 0 fully saturated rings. The van der Waals surface area contributed by atoms with E-state index in [0.717, 1.165) is 0 Å². The van der Waals surface area contributed by atoms with E-state index in [1.165, 1.54) is 0 Å². The summed E-state index contributed by atoms with van der Waals surface area (Å²) in [6.45, 7) is 3.41. The Hall–Kier alpha value is -1.21. The third-order valence-corrected chi connectivity index (χ3v) is 1.76. The Labute approximate surface area is 81.8 Å². The largest absolute Gasteiger partial charge is 0.506 e. The van der Waals surface area contributed by atoms with Gasteiger partial charge in [0.15, 0.2) is 0 Å². The first-order valence-corrected chi connectivity index (χ1v) is 3.41. The fourth-order valence-electron chi connectivity index (χ4n) is 0.916. The Bertz CT molecular complexity index is 277. The molecule has 1 rings (SSSR count). The molecule has 0 saturated heterocycles. The van der Waals surface area contributed by atoms with Crippen LogP contribution in [0.1, 0.15) is 16.8 Å². The lowest BCUT2D eigenvalue weighted by atomic mass is 10.1. The first-order chi connectivity index (χ1) is 5.16. The van der Waals surface area contributed by atoms with Gasteiger partial charge in [0.1, 0.15) is 5.75 Å². The molecule has 0 atom stereocenters. The summed E-state index contributed by atoms with van der Waals surface area (Å²) in [5.74, 6) is 0.177. The van der Waals surface area contributed by atoms with Gasteiger partial charge in [0.05, 0.1) is 12.3 Å². The van der Waals surface area contributed by atoms with Gasteiger partial charge in [0.2, 0.25) is 0 Å². The molecule has 0 amide bonds. The number of pyridine rings is 1. The SMILES string of the molecule is Cc1ncc(CO)c(C)c1O.O.O.O. The molecule has 8 N–H and O–H groups in total. The number of hydrogen-bond donors (Lipinski definition) is 2. The third-order valence-electron chi connectivity index (χ3n) is 1.76. The molecule has 14 heavy (non-hydrogen) atoms. The topological polar surface area (TPSA) is 148 Å². The number of aromatic hydroxyl groups is 1. The first-order valence-electron chi connectivity index (χ1n) is 3.41. The Kier molecular flexibility index (Phi) is 9.56. The van der Waals surface area contributed by atoms with Gasteiger partial charge in [-0.25, -0.2) is 0 Å². The van der Waals surface area contributed by atoms with E-state index in [4.69, 9.17) is 5.11 Å². The molecule has 0 bridgehead atoms. The van der Waals surface area contributed by atoms with E-state index in [-0.39, 0.29) is 28.8 Å². The molecule has 0 radical (unpaired) electrons. The average Bonchev–Trinajstić information content (AvgIpc) is 2.01. The van der Waals surface area contributed by atoms with Crippen LogP contribution in [0.2, 0.25) is 0 Å². The summed E-state index contributed by atoms with van der Waals surface area (Å²) in [4.78, 5) is 3.90. The number of aryl methyl sites for hydroxylation is 1. The molecular formula is C8H17NO5. The van der Waals surface area contributed by atoms with E-state index in [1.54, 1.807) is 20.0 Å². The van der Waals surface area contributed by atoms with Crippen molar-refractivity contribution in [2.75, 3.05) is 0 Å². The van der Waals surface area contributed by atoms with Crippen LogP contribution in [0, 0.1) is 13.8 Å². The lowest BCUT2D eigenvalue weighted by Crippen LogP contribution is -1.93. The van der Waals surface area contributed by atoms with Crippen LogP contribution in [-0.2, 0) is 6.61 Å². The number of rotatable bonds is 1. The van der Waals surface area contributed by atoms with Gasteiger partial charge in [0, 0.05) is 11.8 Å². The minimum Gasteiger partial charge on any atom is -0.506 e. The second kappa shape index (κ2) is 7.22. The van der Waals surface area contributed by atoms with Gasteiger partial charge in [-0.05, 0) is 19.4 Å². The monoisotopic (exact) mass is 207 g/mol. The maximum Gasteiger partial charge on any atom is 0.140 e. The number of aliphatic hydroxyl groups excluding tert-OH is 1. The highest BCUT2D eigenvalue weighted by Crippen LogP contribution is 2.21. The van der Waals surface area contributed by atoms with Gasteiger partial charge < -0.3 is 26.6 Å². The molecule has 0 saturated carbocycles. The average molecular weight is 207 g/mol. The van der Waals surface area contributed by atoms with Gasteiger partial charge >= 0.3 is 0 Å². The molecule has 0 spiro atoms. The van der Waals surface area contributed by atoms with Crippen molar-refractivity contribution in [1.29, 1.82) is 0 Å². The third kappa shape index (κ3) is 3.27. The van der Waals surface area contributed by atoms with Gasteiger partial charge in [0.25, 0.3) is 0 Å². The normalized spacial score (nSPS) is 7.93. The zero-order chi connectivity index (χ0) is 8.43. The summed E-state index contributed by atoms with van der Waals surface area (Å²) < 4.78 is 0. The van der Waals surface area contributed by atoms with Crippen LogP contribution in [0.15, 0.2) is 6.20 Å². The van der Waals surface area contributed by atoms with Crippen molar-refractivity contribution in [2.45, 2.75) is 20.5 Å². The number of aromatic nitrogens is 1. The van der Waals surface area contributed by atoms with Crippen molar-refractivity contribution in [3.05, 3.63) is 23.0 Å². The number of aliphatic hydroxyl groups is 1. The van der Waals surface area contributed by atoms with Gasteiger partial charge in [-0.3, -0.25) is 4.98 Å².